The van der Waals surface area contributed by atoms with Gasteiger partial charge in [-0.15, -0.1) is 12.4 Å². The Bertz CT molecular complexity index is 241. The summed E-state index contributed by atoms with van der Waals surface area (Å²) in [4.78, 5) is 14.3. The smallest absolute Gasteiger partial charge is 0.227 e. The van der Waals surface area contributed by atoms with Crippen LogP contribution in [0.4, 0.5) is 0 Å². The van der Waals surface area contributed by atoms with E-state index in [0.717, 1.165) is 32.5 Å². The molecule has 2 aliphatic rings. The number of amides is 1. The normalized spacial score (nSPS) is 34.6. The van der Waals surface area contributed by atoms with Crippen LogP contribution < -0.4 is 5.32 Å². The first-order chi connectivity index (χ1) is 7.18. The molecular formula is C12H23ClN2O. The fraction of sp³-hybridized carbons (Fsp3) is 0.917. The lowest BCUT2D eigenvalue weighted by Gasteiger charge is -2.29. The van der Waals surface area contributed by atoms with E-state index >= 15 is 0 Å². The van der Waals surface area contributed by atoms with Crippen molar-refractivity contribution in [1.82, 2.24) is 10.2 Å². The Balaban J connectivity index is 0.00000128. The molecule has 0 radical (unpaired) electrons. The van der Waals surface area contributed by atoms with Gasteiger partial charge in [0.1, 0.15) is 0 Å². The van der Waals surface area contributed by atoms with Gasteiger partial charge in [0.05, 0.1) is 5.92 Å². The highest BCUT2D eigenvalue weighted by Crippen LogP contribution is 2.25. The predicted molar refractivity (Wildman–Crippen MR) is 67.8 cm³/mol. The van der Waals surface area contributed by atoms with Gasteiger partial charge in [-0.1, -0.05) is 6.92 Å². The van der Waals surface area contributed by atoms with Crippen LogP contribution in [0.1, 0.15) is 33.1 Å². The van der Waals surface area contributed by atoms with Crippen molar-refractivity contribution in [1.29, 1.82) is 0 Å². The third kappa shape index (κ3) is 2.89. The molecule has 0 aliphatic carbocycles. The Labute approximate surface area is 104 Å². The number of carbonyl (C=O) groups is 1. The maximum atomic E-state index is 12.2. The van der Waals surface area contributed by atoms with Crippen LogP contribution in [0.25, 0.3) is 0 Å². The lowest BCUT2D eigenvalue weighted by Crippen LogP contribution is -2.44. The maximum Gasteiger partial charge on any atom is 0.227 e. The van der Waals surface area contributed by atoms with Crippen molar-refractivity contribution >= 4 is 18.3 Å². The van der Waals surface area contributed by atoms with Crippen molar-refractivity contribution in [2.45, 2.75) is 39.2 Å². The highest BCUT2D eigenvalue weighted by molar-refractivity contribution is 5.85. The van der Waals surface area contributed by atoms with Gasteiger partial charge >= 0.3 is 0 Å². The Morgan fingerprint density at radius 1 is 1.38 bits per heavy atom. The van der Waals surface area contributed by atoms with Gasteiger partial charge in [0.15, 0.2) is 0 Å². The molecule has 2 rings (SSSR count). The average Bonchev–Trinajstić information content (AvgIpc) is 2.58. The van der Waals surface area contributed by atoms with Gasteiger partial charge in [0.25, 0.3) is 0 Å². The minimum absolute atomic E-state index is 0. The molecule has 0 aromatic carbocycles. The summed E-state index contributed by atoms with van der Waals surface area (Å²) in [6, 6.07) is 0.453. The number of halogens is 1. The van der Waals surface area contributed by atoms with E-state index in [1.165, 1.54) is 6.42 Å². The SMILES string of the molecule is CC1CC(C)N(C(=O)C2CCCNC2)C1.Cl. The van der Waals surface area contributed by atoms with Crippen molar-refractivity contribution in [3.63, 3.8) is 0 Å². The van der Waals surface area contributed by atoms with Crippen molar-refractivity contribution in [3.05, 3.63) is 0 Å². The third-order valence-corrected chi connectivity index (χ3v) is 3.71. The molecule has 0 aromatic heterocycles. The van der Waals surface area contributed by atoms with E-state index in [1.807, 2.05) is 0 Å². The van der Waals surface area contributed by atoms with Gasteiger partial charge in [-0.2, -0.15) is 0 Å². The quantitative estimate of drug-likeness (QED) is 0.763. The second-order valence-electron chi connectivity index (χ2n) is 5.22. The van der Waals surface area contributed by atoms with Crippen LogP contribution >= 0.6 is 12.4 Å². The van der Waals surface area contributed by atoms with Gasteiger partial charge in [-0.25, -0.2) is 0 Å². The number of rotatable bonds is 1. The Kier molecular flexibility index (Phi) is 5.06. The highest BCUT2D eigenvalue weighted by Gasteiger charge is 2.34. The van der Waals surface area contributed by atoms with Crippen LogP contribution in [-0.4, -0.2) is 36.5 Å². The summed E-state index contributed by atoms with van der Waals surface area (Å²) in [6.45, 7) is 7.35. The topological polar surface area (TPSA) is 32.3 Å². The molecule has 0 spiro atoms. The molecule has 94 valence electrons. The van der Waals surface area contributed by atoms with Gasteiger partial charge in [0.2, 0.25) is 5.91 Å². The molecule has 2 heterocycles. The summed E-state index contributed by atoms with van der Waals surface area (Å²) >= 11 is 0. The fourth-order valence-electron chi connectivity index (χ4n) is 2.90. The summed E-state index contributed by atoms with van der Waals surface area (Å²) in [6.07, 6.45) is 3.39. The van der Waals surface area contributed by atoms with Crippen molar-refractivity contribution in [2.75, 3.05) is 19.6 Å². The number of carbonyl (C=O) groups excluding carboxylic acids is 1. The summed E-state index contributed by atoms with van der Waals surface area (Å²) < 4.78 is 0. The Hall–Kier alpha value is -0.280. The minimum Gasteiger partial charge on any atom is -0.339 e. The second kappa shape index (κ2) is 5.87. The third-order valence-electron chi connectivity index (χ3n) is 3.71. The lowest BCUT2D eigenvalue weighted by molar-refractivity contribution is -0.136. The minimum atomic E-state index is 0. The van der Waals surface area contributed by atoms with Crippen LogP contribution in [0.5, 0.6) is 0 Å². The fourth-order valence-corrected chi connectivity index (χ4v) is 2.90. The summed E-state index contributed by atoms with van der Waals surface area (Å²) in [5, 5.41) is 3.32. The van der Waals surface area contributed by atoms with Crippen LogP contribution in [0.3, 0.4) is 0 Å². The zero-order valence-corrected chi connectivity index (χ0v) is 11.1. The van der Waals surface area contributed by atoms with Crippen molar-refractivity contribution in [3.8, 4) is 0 Å². The van der Waals surface area contributed by atoms with Gasteiger partial charge in [0, 0.05) is 19.1 Å². The van der Waals surface area contributed by atoms with Crippen LogP contribution in [0.15, 0.2) is 0 Å². The van der Waals surface area contributed by atoms with Crippen molar-refractivity contribution in [2.24, 2.45) is 11.8 Å². The van der Waals surface area contributed by atoms with E-state index in [0.29, 0.717) is 17.9 Å². The molecule has 2 fully saturated rings. The predicted octanol–water partition coefficient (Wildman–Crippen LogP) is 1.66. The molecule has 16 heavy (non-hydrogen) atoms. The molecule has 2 saturated heterocycles. The Morgan fingerprint density at radius 3 is 2.62 bits per heavy atom. The van der Waals surface area contributed by atoms with E-state index in [-0.39, 0.29) is 18.3 Å². The highest BCUT2D eigenvalue weighted by atomic mass is 35.5. The van der Waals surface area contributed by atoms with Crippen molar-refractivity contribution < 1.29 is 4.79 Å². The lowest BCUT2D eigenvalue weighted by atomic mass is 9.98. The zero-order chi connectivity index (χ0) is 10.8. The standard InChI is InChI=1S/C12H22N2O.ClH/c1-9-6-10(2)14(8-9)12(15)11-4-3-5-13-7-11;/h9-11,13H,3-8H2,1-2H3;1H. The number of nitrogens with zero attached hydrogens (tertiary/aromatic N) is 1. The summed E-state index contributed by atoms with van der Waals surface area (Å²) in [5.41, 5.74) is 0. The van der Waals surface area contributed by atoms with E-state index in [2.05, 4.69) is 24.1 Å². The van der Waals surface area contributed by atoms with Gasteiger partial charge in [-0.05, 0) is 38.6 Å². The number of hydrogen-bond donors (Lipinski definition) is 1. The van der Waals surface area contributed by atoms with Gasteiger partial charge in [-0.3, -0.25) is 4.79 Å². The number of nitrogens with one attached hydrogen (secondary N) is 1. The van der Waals surface area contributed by atoms with E-state index in [1.54, 1.807) is 0 Å². The molecule has 3 unspecified atom stereocenters. The molecule has 1 amide bonds. The number of likely N-dealkylation sites (tertiary alicyclic amines) is 1. The van der Waals surface area contributed by atoms with E-state index in [9.17, 15) is 4.79 Å². The largest absolute Gasteiger partial charge is 0.339 e. The van der Waals surface area contributed by atoms with Crippen LogP contribution in [0.2, 0.25) is 0 Å². The van der Waals surface area contributed by atoms with Gasteiger partial charge < -0.3 is 10.2 Å². The summed E-state index contributed by atoms with van der Waals surface area (Å²) in [5.74, 6) is 1.31. The molecule has 4 heteroatoms. The molecule has 0 aromatic rings. The average molecular weight is 247 g/mol. The molecule has 0 saturated carbocycles. The molecule has 0 bridgehead atoms. The first-order valence-electron chi connectivity index (χ1n) is 6.19. The summed E-state index contributed by atoms with van der Waals surface area (Å²) in [7, 11) is 0. The zero-order valence-electron chi connectivity index (χ0n) is 10.2. The first-order valence-corrected chi connectivity index (χ1v) is 6.19. The second-order valence-corrected chi connectivity index (χ2v) is 5.22. The Morgan fingerprint density at radius 2 is 2.12 bits per heavy atom. The molecule has 3 nitrogen and oxygen atoms in total. The molecule has 2 aliphatic heterocycles. The molecule has 1 N–H and O–H groups in total. The molecule has 3 atom stereocenters. The number of hydrogen-bond acceptors (Lipinski definition) is 2. The van der Waals surface area contributed by atoms with Crippen LogP contribution in [-0.2, 0) is 4.79 Å². The van der Waals surface area contributed by atoms with E-state index in [4.69, 9.17) is 0 Å². The van der Waals surface area contributed by atoms with Crippen LogP contribution in [0, 0.1) is 11.8 Å². The van der Waals surface area contributed by atoms with E-state index < -0.39 is 0 Å². The maximum absolute atomic E-state index is 12.2. The monoisotopic (exact) mass is 246 g/mol. The first kappa shape index (κ1) is 13.8. The molecular weight excluding hydrogens is 224 g/mol. The number of piperidine rings is 1.